The number of aryl methyl sites for hydroxylation is 1. The number of hydrogen-bond acceptors (Lipinski definition) is 9. The van der Waals surface area contributed by atoms with E-state index < -0.39 is 29.4 Å². The highest BCUT2D eigenvalue weighted by atomic mass is 32.1. The molecule has 4 rings (SSSR count). The zero-order chi connectivity index (χ0) is 27.2. The van der Waals surface area contributed by atoms with Crippen LogP contribution in [0.2, 0.25) is 0 Å². The largest absolute Gasteiger partial charge is 0.490 e. The molecule has 0 aliphatic heterocycles. The summed E-state index contributed by atoms with van der Waals surface area (Å²) in [5.74, 6) is -0.933. The predicted molar refractivity (Wildman–Crippen MR) is 142 cm³/mol. The average Bonchev–Trinajstić information content (AvgIpc) is 3.28. The van der Waals surface area contributed by atoms with Gasteiger partial charge in [0, 0.05) is 5.69 Å². The highest BCUT2D eigenvalue weighted by molar-refractivity contribution is 7.20. The fourth-order valence-electron chi connectivity index (χ4n) is 3.70. The molecule has 1 N–H and O–H groups in total. The summed E-state index contributed by atoms with van der Waals surface area (Å²) in [6.07, 6.45) is 1.28. The zero-order valence-corrected chi connectivity index (χ0v) is 21.7. The summed E-state index contributed by atoms with van der Waals surface area (Å²) >= 11 is 1.05. The Kier molecular flexibility index (Phi) is 8.17. The molecular weight excluding hydrogens is 510 g/mol. The number of aromatic nitrogens is 2. The third-order valence-electron chi connectivity index (χ3n) is 5.74. The Balaban J connectivity index is 1.47. The summed E-state index contributed by atoms with van der Waals surface area (Å²) in [4.78, 5) is 55.6. The number of thiophene rings is 1. The smallest absolute Gasteiger partial charge is 0.348 e. The first-order chi connectivity index (χ1) is 18.3. The molecule has 1 amide bonds. The maximum absolute atomic E-state index is 13.3. The number of para-hydroxylation sites is 1. The Morgan fingerprint density at radius 1 is 1.05 bits per heavy atom. The third-order valence-corrected chi connectivity index (χ3v) is 6.92. The number of benzene rings is 2. The molecule has 0 aliphatic rings. The van der Waals surface area contributed by atoms with E-state index in [1.807, 2.05) is 18.2 Å². The van der Waals surface area contributed by atoms with Crippen LogP contribution in [0.3, 0.4) is 0 Å². The van der Waals surface area contributed by atoms with Gasteiger partial charge in [0.15, 0.2) is 0 Å². The van der Waals surface area contributed by atoms with E-state index in [9.17, 15) is 19.2 Å². The Bertz CT molecular complexity index is 1550. The van der Waals surface area contributed by atoms with Crippen molar-refractivity contribution < 1.29 is 28.6 Å². The third kappa shape index (κ3) is 5.73. The number of amides is 1. The lowest BCUT2D eigenvalue weighted by Gasteiger charge is -2.15. The molecule has 2 aromatic carbocycles. The number of nitrogens with one attached hydrogen (secondary N) is 1. The van der Waals surface area contributed by atoms with E-state index in [1.165, 1.54) is 24.1 Å². The number of esters is 2. The van der Waals surface area contributed by atoms with E-state index >= 15 is 0 Å². The first-order valence-electron chi connectivity index (χ1n) is 11.6. The van der Waals surface area contributed by atoms with Gasteiger partial charge in [-0.1, -0.05) is 24.3 Å². The van der Waals surface area contributed by atoms with Crippen molar-refractivity contribution in [1.82, 2.24) is 9.55 Å². The number of hydrogen-bond donors (Lipinski definition) is 1. The van der Waals surface area contributed by atoms with E-state index in [1.54, 1.807) is 44.2 Å². The Morgan fingerprint density at radius 2 is 1.82 bits per heavy atom. The highest BCUT2D eigenvalue weighted by Crippen LogP contribution is 2.28. The topological polar surface area (TPSA) is 126 Å². The first-order valence-corrected chi connectivity index (χ1v) is 12.5. The molecule has 0 saturated carbocycles. The van der Waals surface area contributed by atoms with Crippen LogP contribution < -0.4 is 15.6 Å². The van der Waals surface area contributed by atoms with Gasteiger partial charge < -0.3 is 19.5 Å². The van der Waals surface area contributed by atoms with Gasteiger partial charge in [0.05, 0.1) is 24.4 Å². The molecule has 0 radical (unpaired) electrons. The van der Waals surface area contributed by atoms with Gasteiger partial charge >= 0.3 is 11.9 Å². The van der Waals surface area contributed by atoms with Gasteiger partial charge in [-0.2, -0.15) is 0 Å². The van der Waals surface area contributed by atoms with E-state index in [4.69, 9.17) is 14.2 Å². The molecule has 11 heteroatoms. The van der Waals surface area contributed by atoms with Crippen molar-refractivity contribution in [2.75, 3.05) is 25.6 Å². The SMILES string of the molecule is COC(=O)c1cccc(NC(=O)C(C)n2cnc3sc(C(=O)OCCOc4ccccc4)c(C)c3c2=O)c1. The van der Waals surface area contributed by atoms with Crippen LogP contribution in [0.15, 0.2) is 65.7 Å². The van der Waals surface area contributed by atoms with Crippen molar-refractivity contribution in [3.05, 3.63) is 87.3 Å². The molecule has 0 saturated heterocycles. The monoisotopic (exact) mass is 535 g/mol. The molecule has 10 nitrogen and oxygen atoms in total. The van der Waals surface area contributed by atoms with Crippen LogP contribution in [0, 0.1) is 6.92 Å². The maximum atomic E-state index is 13.3. The van der Waals surface area contributed by atoms with Gasteiger partial charge in [-0.25, -0.2) is 14.6 Å². The summed E-state index contributed by atoms with van der Waals surface area (Å²) in [5.41, 5.74) is 0.628. The number of nitrogens with zero attached hydrogens (tertiary/aromatic N) is 2. The molecule has 0 fully saturated rings. The quantitative estimate of drug-likeness (QED) is 0.252. The van der Waals surface area contributed by atoms with Crippen molar-refractivity contribution >= 4 is 45.1 Å². The van der Waals surface area contributed by atoms with Crippen molar-refractivity contribution in [1.29, 1.82) is 0 Å². The number of ether oxygens (including phenoxy) is 3. The molecule has 196 valence electrons. The lowest BCUT2D eigenvalue weighted by molar-refractivity contribution is -0.118. The average molecular weight is 536 g/mol. The predicted octanol–water partition coefficient (Wildman–Crippen LogP) is 3.99. The number of anilines is 1. The summed E-state index contributed by atoms with van der Waals surface area (Å²) in [6.45, 7) is 3.41. The standard InChI is InChI=1S/C27H25N3O7S/c1-16-21-24(38-22(16)27(34)37-13-12-36-20-10-5-4-6-11-20)28-15-30(25(21)32)17(2)23(31)29-19-9-7-8-18(14-19)26(33)35-3/h4-11,14-15,17H,12-13H2,1-3H3,(H,29,31). The molecule has 0 bridgehead atoms. The fraction of sp³-hybridized carbons (Fsp3) is 0.222. The van der Waals surface area contributed by atoms with Crippen molar-refractivity contribution in [2.24, 2.45) is 0 Å². The van der Waals surface area contributed by atoms with Crippen molar-refractivity contribution in [3.8, 4) is 5.75 Å². The summed E-state index contributed by atoms with van der Waals surface area (Å²) < 4.78 is 16.8. The minimum atomic E-state index is -0.925. The van der Waals surface area contributed by atoms with Crippen LogP contribution in [0.1, 0.15) is 38.6 Å². The summed E-state index contributed by atoms with van der Waals surface area (Å²) in [5, 5.41) is 2.94. The van der Waals surface area contributed by atoms with Crippen molar-refractivity contribution in [3.63, 3.8) is 0 Å². The molecule has 38 heavy (non-hydrogen) atoms. The number of rotatable bonds is 9. The number of carbonyl (C=O) groups is 3. The zero-order valence-electron chi connectivity index (χ0n) is 20.9. The van der Waals surface area contributed by atoms with Crippen LogP contribution >= 0.6 is 11.3 Å². The summed E-state index contributed by atoms with van der Waals surface area (Å²) in [7, 11) is 1.27. The van der Waals surface area contributed by atoms with E-state index in [2.05, 4.69) is 10.3 Å². The van der Waals surface area contributed by atoms with Crippen LogP contribution in [0.25, 0.3) is 10.2 Å². The van der Waals surface area contributed by atoms with Gasteiger partial charge in [0.2, 0.25) is 5.91 Å². The molecular formula is C27H25N3O7S. The molecule has 2 aromatic heterocycles. The van der Waals surface area contributed by atoms with Crippen LogP contribution in [0.4, 0.5) is 5.69 Å². The Labute approximate surface area is 221 Å². The number of carbonyl (C=O) groups excluding carboxylic acids is 3. The lowest BCUT2D eigenvalue weighted by atomic mass is 10.2. The van der Waals surface area contributed by atoms with Gasteiger partial charge in [-0.3, -0.25) is 14.2 Å². The molecule has 4 aromatic rings. The van der Waals surface area contributed by atoms with Crippen LogP contribution in [0.5, 0.6) is 5.75 Å². The normalized spacial score (nSPS) is 11.6. The maximum Gasteiger partial charge on any atom is 0.348 e. The Hall–Kier alpha value is -4.51. The van der Waals surface area contributed by atoms with Gasteiger partial charge in [0.1, 0.15) is 34.7 Å². The van der Waals surface area contributed by atoms with E-state index in [-0.39, 0.29) is 29.0 Å². The fourth-order valence-corrected chi connectivity index (χ4v) is 4.73. The van der Waals surface area contributed by atoms with Crippen LogP contribution in [-0.2, 0) is 14.3 Å². The van der Waals surface area contributed by atoms with Crippen LogP contribution in [-0.4, -0.2) is 47.7 Å². The lowest BCUT2D eigenvalue weighted by Crippen LogP contribution is -2.31. The molecule has 1 unspecified atom stereocenters. The molecule has 0 spiro atoms. The van der Waals surface area contributed by atoms with Gasteiger partial charge in [-0.15, -0.1) is 11.3 Å². The van der Waals surface area contributed by atoms with Gasteiger partial charge in [0.25, 0.3) is 5.56 Å². The second kappa shape index (κ2) is 11.7. The number of fused-ring (bicyclic) bond motifs is 1. The second-order valence-corrected chi connectivity index (χ2v) is 9.23. The minimum absolute atomic E-state index is 0.0352. The second-order valence-electron chi connectivity index (χ2n) is 8.23. The molecule has 0 aliphatic carbocycles. The highest BCUT2D eigenvalue weighted by Gasteiger charge is 2.24. The summed E-state index contributed by atoms with van der Waals surface area (Å²) in [6, 6.07) is 14.5. The van der Waals surface area contributed by atoms with E-state index in [0.717, 1.165) is 11.3 Å². The number of methoxy groups -OCH3 is 1. The molecule has 1 atom stereocenters. The minimum Gasteiger partial charge on any atom is -0.490 e. The Morgan fingerprint density at radius 3 is 2.55 bits per heavy atom. The molecule has 2 heterocycles. The van der Waals surface area contributed by atoms with Gasteiger partial charge in [-0.05, 0) is 49.7 Å². The van der Waals surface area contributed by atoms with Crippen molar-refractivity contribution in [2.45, 2.75) is 19.9 Å². The van der Waals surface area contributed by atoms with E-state index in [0.29, 0.717) is 21.8 Å². The first kappa shape index (κ1) is 26.6.